The van der Waals surface area contributed by atoms with Crippen LogP contribution in [0, 0.1) is 19.7 Å². The Morgan fingerprint density at radius 3 is 2.54 bits per heavy atom. The number of rotatable bonds is 5. The van der Waals surface area contributed by atoms with Crippen LogP contribution >= 0.6 is 11.6 Å². The standard InChI is InChI=1S/C16H16ClFN2O4/c1-7(13-8(2)20-24-9(13)3)15(21)19-14(16(22)23)10-4-5-11(17)12(18)6-10/h4-7,14H,1-3H3,(H,19,21)(H,22,23). The number of carbonyl (C=O) groups is 2. The van der Waals surface area contributed by atoms with Gasteiger partial charge < -0.3 is 14.9 Å². The monoisotopic (exact) mass is 354 g/mol. The van der Waals surface area contributed by atoms with E-state index in [-0.39, 0.29) is 10.6 Å². The van der Waals surface area contributed by atoms with E-state index in [1.54, 1.807) is 20.8 Å². The quantitative estimate of drug-likeness (QED) is 0.860. The topological polar surface area (TPSA) is 92.4 Å². The first-order valence-electron chi connectivity index (χ1n) is 7.13. The van der Waals surface area contributed by atoms with E-state index in [0.29, 0.717) is 17.0 Å². The molecule has 1 aromatic heterocycles. The molecule has 2 unspecified atom stereocenters. The molecular formula is C16H16ClFN2O4. The summed E-state index contributed by atoms with van der Waals surface area (Å²) >= 11 is 5.60. The van der Waals surface area contributed by atoms with Crippen molar-refractivity contribution in [3.63, 3.8) is 0 Å². The number of nitrogens with zero attached hydrogens (tertiary/aromatic N) is 1. The normalized spacial score (nSPS) is 13.4. The molecule has 2 aromatic rings. The Morgan fingerprint density at radius 1 is 1.38 bits per heavy atom. The van der Waals surface area contributed by atoms with Crippen molar-refractivity contribution in [2.75, 3.05) is 0 Å². The van der Waals surface area contributed by atoms with Gasteiger partial charge in [-0.05, 0) is 38.5 Å². The predicted molar refractivity (Wildman–Crippen MR) is 84.3 cm³/mol. The van der Waals surface area contributed by atoms with E-state index in [9.17, 15) is 19.1 Å². The Balaban J connectivity index is 2.26. The van der Waals surface area contributed by atoms with E-state index in [1.807, 2.05) is 0 Å². The Kier molecular flexibility index (Phi) is 5.23. The molecule has 0 radical (unpaired) electrons. The van der Waals surface area contributed by atoms with Crippen LogP contribution in [0.3, 0.4) is 0 Å². The van der Waals surface area contributed by atoms with Crippen molar-refractivity contribution >= 4 is 23.5 Å². The summed E-state index contributed by atoms with van der Waals surface area (Å²) in [4.78, 5) is 23.9. The molecule has 0 saturated carbocycles. The average Bonchev–Trinajstić information content (AvgIpc) is 2.85. The molecule has 0 aliphatic heterocycles. The highest BCUT2D eigenvalue weighted by molar-refractivity contribution is 6.30. The lowest BCUT2D eigenvalue weighted by atomic mass is 9.97. The van der Waals surface area contributed by atoms with Gasteiger partial charge in [0.1, 0.15) is 11.6 Å². The van der Waals surface area contributed by atoms with Gasteiger partial charge in [-0.2, -0.15) is 0 Å². The Morgan fingerprint density at radius 2 is 2.04 bits per heavy atom. The molecule has 8 heteroatoms. The van der Waals surface area contributed by atoms with Gasteiger partial charge in [-0.15, -0.1) is 0 Å². The summed E-state index contributed by atoms with van der Waals surface area (Å²) in [7, 11) is 0. The number of carboxylic acid groups (broad SMARTS) is 1. The van der Waals surface area contributed by atoms with E-state index in [4.69, 9.17) is 16.1 Å². The minimum absolute atomic E-state index is 0.0868. The number of carboxylic acids is 1. The largest absolute Gasteiger partial charge is 0.479 e. The molecular weight excluding hydrogens is 339 g/mol. The minimum Gasteiger partial charge on any atom is -0.479 e. The number of aromatic nitrogens is 1. The number of amides is 1. The Bertz CT molecular complexity index is 771. The van der Waals surface area contributed by atoms with Crippen molar-refractivity contribution in [1.29, 1.82) is 0 Å². The highest BCUT2D eigenvalue weighted by atomic mass is 35.5. The molecule has 0 saturated heterocycles. The third-order valence-corrected chi connectivity index (χ3v) is 4.03. The van der Waals surface area contributed by atoms with Gasteiger partial charge in [-0.1, -0.05) is 22.8 Å². The maximum Gasteiger partial charge on any atom is 0.330 e. The van der Waals surface area contributed by atoms with Crippen LogP contribution in [0.25, 0.3) is 0 Å². The fourth-order valence-corrected chi connectivity index (χ4v) is 2.60. The molecule has 0 fully saturated rings. The van der Waals surface area contributed by atoms with Gasteiger partial charge in [0, 0.05) is 5.56 Å². The SMILES string of the molecule is Cc1noc(C)c1C(C)C(=O)NC(C(=O)O)c1ccc(Cl)c(F)c1. The second-order valence-corrected chi connectivity index (χ2v) is 5.82. The number of hydrogen-bond acceptors (Lipinski definition) is 4. The van der Waals surface area contributed by atoms with E-state index >= 15 is 0 Å². The second kappa shape index (κ2) is 7.00. The van der Waals surface area contributed by atoms with Crippen LogP contribution in [0.4, 0.5) is 4.39 Å². The van der Waals surface area contributed by atoms with Gasteiger partial charge in [0.25, 0.3) is 0 Å². The van der Waals surface area contributed by atoms with Gasteiger partial charge in [-0.25, -0.2) is 9.18 Å². The first-order valence-corrected chi connectivity index (χ1v) is 7.51. The van der Waals surface area contributed by atoms with Crippen molar-refractivity contribution < 1.29 is 23.6 Å². The molecule has 6 nitrogen and oxygen atoms in total. The maximum absolute atomic E-state index is 13.6. The van der Waals surface area contributed by atoms with Gasteiger partial charge in [0.15, 0.2) is 6.04 Å². The number of hydrogen-bond donors (Lipinski definition) is 2. The number of aliphatic carboxylic acids is 1. The highest BCUT2D eigenvalue weighted by Crippen LogP contribution is 2.25. The number of carbonyl (C=O) groups excluding carboxylic acids is 1. The minimum atomic E-state index is -1.40. The fraction of sp³-hybridized carbons (Fsp3) is 0.312. The summed E-state index contributed by atoms with van der Waals surface area (Å²) in [5, 5.41) is 15.4. The van der Waals surface area contributed by atoms with Crippen molar-refractivity contribution in [1.82, 2.24) is 10.5 Å². The first kappa shape index (κ1) is 17.9. The van der Waals surface area contributed by atoms with Gasteiger partial charge >= 0.3 is 5.97 Å². The zero-order valence-corrected chi connectivity index (χ0v) is 14.0. The summed E-state index contributed by atoms with van der Waals surface area (Å²) < 4.78 is 18.6. The van der Waals surface area contributed by atoms with Crippen molar-refractivity contribution in [3.8, 4) is 0 Å². The molecule has 0 bridgehead atoms. The maximum atomic E-state index is 13.6. The predicted octanol–water partition coefficient (Wildman–Crippen LogP) is 3.13. The molecule has 0 spiro atoms. The van der Waals surface area contributed by atoms with Gasteiger partial charge in [0.2, 0.25) is 5.91 Å². The van der Waals surface area contributed by atoms with E-state index < -0.39 is 29.7 Å². The Hall–Kier alpha value is -2.41. The van der Waals surface area contributed by atoms with Crippen LogP contribution in [0.2, 0.25) is 5.02 Å². The Labute approximate surface area is 142 Å². The van der Waals surface area contributed by atoms with Crippen molar-refractivity contribution in [2.45, 2.75) is 32.7 Å². The number of nitrogens with one attached hydrogen (secondary N) is 1. The molecule has 1 aromatic carbocycles. The molecule has 1 amide bonds. The summed E-state index contributed by atoms with van der Waals surface area (Å²) in [6.45, 7) is 4.98. The molecule has 2 atom stereocenters. The fourth-order valence-electron chi connectivity index (χ4n) is 2.49. The van der Waals surface area contributed by atoms with Gasteiger partial charge in [-0.3, -0.25) is 4.79 Å². The number of benzene rings is 1. The van der Waals surface area contributed by atoms with Crippen LogP contribution in [0.15, 0.2) is 22.7 Å². The molecule has 24 heavy (non-hydrogen) atoms. The highest BCUT2D eigenvalue weighted by Gasteiger charge is 2.28. The molecule has 1 heterocycles. The van der Waals surface area contributed by atoms with Crippen LogP contribution in [0.5, 0.6) is 0 Å². The van der Waals surface area contributed by atoms with Gasteiger partial charge in [0.05, 0.1) is 16.6 Å². The summed E-state index contributed by atoms with van der Waals surface area (Å²) in [5.74, 6) is -2.79. The third kappa shape index (κ3) is 3.56. The first-order chi connectivity index (χ1) is 11.2. The zero-order valence-electron chi connectivity index (χ0n) is 13.3. The summed E-state index contributed by atoms with van der Waals surface area (Å²) in [5.41, 5.74) is 1.24. The number of aryl methyl sites for hydroxylation is 2. The van der Waals surface area contributed by atoms with Crippen LogP contribution < -0.4 is 5.32 Å². The number of halogens is 2. The molecule has 0 aliphatic carbocycles. The van der Waals surface area contributed by atoms with Crippen LogP contribution in [-0.2, 0) is 9.59 Å². The van der Waals surface area contributed by atoms with Crippen molar-refractivity contribution in [2.24, 2.45) is 0 Å². The molecule has 2 rings (SSSR count). The smallest absolute Gasteiger partial charge is 0.330 e. The van der Waals surface area contributed by atoms with E-state index in [2.05, 4.69) is 10.5 Å². The zero-order chi connectivity index (χ0) is 18.0. The van der Waals surface area contributed by atoms with Crippen molar-refractivity contribution in [3.05, 3.63) is 51.6 Å². The van der Waals surface area contributed by atoms with E-state index in [0.717, 1.165) is 6.07 Å². The van der Waals surface area contributed by atoms with Crippen LogP contribution in [-0.4, -0.2) is 22.1 Å². The lowest BCUT2D eigenvalue weighted by Gasteiger charge is -2.18. The second-order valence-electron chi connectivity index (χ2n) is 5.41. The average molecular weight is 355 g/mol. The molecule has 2 N–H and O–H groups in total. The summed E-state index contributed by atoms with van der Waals surface area (Å²) in [6, 6.07) is 2.19. The molecule has 0 aliphatic rings. The summed E-state index contributed by atoms with van der Waals surface area (Å²) in [6.07, 6.45) is 0. The third-order valence-electron chi connectivity index (χ3n) is 3.73. The lowest BCUT2D eigenvalue weighted by Crippen LogP contribution is -2.36. The lowest BCUT2D eigenvalue weighted by molar-refractivity contribution is -0.142. The molecule has 128 valence electrons. The van der Waals surface area contributed by atoms with Crippen LogP contribution in [0.1, 0.15) is 41.5 Å². The van der Waals surface area contributed by atoms with E-state index in [1.165, 1.54) is 12.1 Å².